The van der Waals surface area contributed by atoms with Gasteiger partial charge in [-0.1, -0.05) is 22.9 Å². The highest BCUT2D eigenvalue weighted by Gasteiger charge is 2.26. The third-order valence-corrected chi connectivity index (χ3v) is 3.10. The fourth-order valence-electron chi connectivity index (χ4n) is 1.14. The van der Waals surface area contributed by atoms with E-state index in [1.54, 1.807) is 25.1 Å². The third kappa shape index (κ3) is 3.29. The summed E-state index contributed by atoms with van der Waals surface area (Å²) < 4.78 is 0.790. The largest absolute Gasteiger partial charge is 0.323 e. The van der Waals surface area contributed by atoms with Crippen molar-refractivity contribution in [1.29, 1.82) is 5.26 Å². The fourth-order valence-corrected chi connectivity index (χ4v) is 1.50. The Kier molecular flexibility index (Phi) is 4.27. The Morgan fingerprint density at radius 1 is 1.65 bits per heavy atom. The van der Waals surface area contributed by atoms with Gasteiger partial charge >= 0.3 is 0 Å². The molecule has 1 rings (SSSR count). The normalized spacial score (nSPS) is 13.6. The first-order chi connectivity index (χ1) is 7.90. The maximum absolute atomic E-state index is 11.9. The number of carbonyl (C=O) groups excluding carboxylic acids is 1. The van der Waals surface area contributed by atoms with Crippen LogP contribution in [0.15, 0.2) is 22.7 Å². The van der Waals surface area contributed by atoms with Crippen LogP contribution in [0.5, 0.6) is 0 Å². The molecule has 3 N–H and O–H groups in total. The maximum atomic E-state index is 11.9. The van der Waals surface area contributed by atoms with Crippen molar-refractivity contribution >= 4 is 27.5 Å². The Bertz CT molecular complexity index is 477. The van der Waals surface area contributed by atoms with Crippen molar-refractivity contribution in [2.45, 2.75) is 25.8 Å². The molecule has 17 heavy (non-hydrogen) atoms. The Hall–Kier alpha value is -1.38. The average molecular weight is 296 g/mol. The summed E-state index contributed by atoms with van der Waals surface area (Å²) in [5, 5.41) is 11.6. The zero-order valence-corrected chi connectivity index (χ0v) is 11.3. The van der Waals surface area contributed by atoms with Crippen LogP contribution >= 0.6 is 15.9 Å². The lowest BCUT2D eigenvalue weighted by molar-refractivity contribution is -0.120. The van der Waals surface area contributed by atoms with Gasteiger partial charge in [0.05, 0.1) is 16.8 Å². The number of nitriles is 1. The van der Waals surface area contributed by atoms with E-state index in [0.29, 0.717) is 17.7 Å². The van der Waals surface area contributed by atoms with Crippen LogP contribution < -0.4 is 11.1 Å². The molecule has 1 amide bonds. The number of rotatable bonds is 3. The van der Waals surface area contributed by atoms with Crippen LogP contribution in [0.2, 0.25) is 0 Å². The predicted molar refractivity (Wildman–Crippen MR) is 70.4 cm³/mol. The molecule has 0 aliphatic heterocycles. The quantitative estimate of drug-likeness (QED) is 0.898. The predicted octanol–water partition coefficient (Wildman–Crippen LogP) is 2.39. The molecular formula is C12H14BrN3O. The lowest BCUT2D eigenvalue weighted by Gasteiger charge is -2.21. The smallest absolute Gasteiger partial charge is 0.244 e. The standard InChI is InChI=1S/C12H14BrN3O/c1-3-12(2,15)11(17)16-10-5-4-9(13)6-8(10)7-14/h4-6H,3,15H2,1-2H3,(H,16,17). The maximum Gasteiger partial charge on any atom is 0.244 e. The van der Waals surface area contributed by atoms with Crippen molar-refractivity contribution in [3.05, 3.63) is 28.2 Å². The molecule has 4 nitrogen and oxygen atoms in total. The average Bonchev–Trinajstić information content (AvgIpc) is 2.31. The van der Waals surface area contributed by atoms with Gasteiger partial charge in [-0.15, -0.1) is 0 Å². The second kappa shape index (κ2) is 5.30. The topological polar surface area (TPSA) is 78.9 Å². The van der Waals surface area contributed by atoms with Gasteiger partial charge < -0.3 is 11.1 Å². The summed E-state index contributed by atoms with van der Waals surface area (Å²) in [6.45, 7) is 3.50. The zero-order chi connectivity index (χ0) is 13.1. The summed E-state index contributed by atoms with van der Waals surface area (Å²) in [6, 6.07) is 7.11. The summed E-state index contributed by atoms with van der Waals surface area (Å²) in [4.78, 5) is 11.9. The van der Waals surface area contributed by atoms with E-state index in [2.05, 4.69) is 21.2 Å². The Morgan fingerprint density at radius 3 is 2.82 bits per heavy atom. The minimum atomic E-state index is -0.931. The van der Waals surface area contributed by atoms with Crippen LogP contribution in [0.25, 0.3) is 0 Å². The molecule has 0 aliphatic carbocycles. The van der Waals surface area contributed by atoms with Gasteiger partial charge in [0.25, 0.3) is 0 Å². The van der Waals surface area contributed by atoms with Crippen LogP contribution in [0.4, 0.5) is 5.69 Å². The monoisotopic (exact) mass is 295 g/mol. The van der Waals surface area contributed by atoms with Crippen molar-refractivity contribution in [2.75, 3.05) is 5.32 Å². The van der Waals surface area contributed by atoms with E-state index >= 15 is 0 Å². The molecule has 90 valence electrons. The number of nitrogens with zero attached hydrogens (tertiary/aromatic N) is 1. The van der Waals surface area contributed by atoms with Crippen LogP contribution in [-0.2, 0) is 4.79 Å². The summed E-state index contributed by atoms with van der Waals surface area (Å²) in [7, 11) is 0. The van der Waals surface area contributed by atoms with Crippen molar-refractivity contribution in [3.63, 3.8) is 0 Å². The Morgan fingerprint density at radius 2 is 2.29 bits per heavy atom. The van der Waals surface area contributed by atoms with E-state index < -0.39 is 5.54 Å². The van der Waals surface area contributed by atoms with Gasteiger partial charge in [-0.05, 0) is 31.5 Å². The molecule has 1 aromatic rings. The van der Waals surface area contributed by atoms with E-state index in [9.17, 15) is 4.79 Å². The number of hydrogen-bond acceptors (Lipinski definition) is 3. The van der Waals surface area contributed by atoms with Crippen LogP contribution in [-0.4, -0.2) is 11.4 Å². The number of halogens is 1. The van der Waals surface area contributed by atoms with Crippen molar-refractivity contribution in [2.24, 2.45) is 5.73 Å². The molecule has 5 heteroatoms. The molecule has 1 unspecified atom stereocenters. The van der Waals surface area contributed by atoms with Gasteiger partial charge in [0, 0.05) is 4.47 Å². The van der Waals surface area contributed by atoms with Crippen LogP contribution in [0, 0.1) is 11.3 Å². The van der Waals surface area contributed by atoms with E-state index in [1.807, 2.05) is 13.0 Å². The number of hydrogen-bond donors (Lipinski definition) is 2. The fraction of sp³-hybridized carbons (Fsp3) is 0.333. The highest BCUT2D eigenvalue weighted by Crippen LogP contribution is 2.21. The highest BCUT2D eigenvalue weighted by molar-refractivity contribution is 9.10. The van der Waals surface area contributed by atoms with Gasteiger partial charge in [-0.2, -0.15) is 5.26 Å². The molecule has 1 aromatic carbocycles. The molecular weight excluding hydrogens is 282 g/mol. The SMILES string of the molecule is CCC(C)(N)C(=O)Nc1ccc(Br)cc1C#N. The van der Waals surface area contributed by atoms with Gasteiger partial charge in [0.2, 0.25) is 5.91 Å². The molecule has 0 heterocycles. The molecule has 0 radical (unpaired) electrons. The summed E-state index contributed by atoms with van der Waals surface area (Å²) >= 11 is 3.27. The first-order valence-corrected chi connectivity index (χ1v) is 6.00. The van der Waals surface area contributed by atoms with Gasteiger partial charge in [0.15, 0.2) is 0 Å². The van der Waals surface area contributed by atoms with Crippen molar-refractivity contribution in [1.82, 2.24) is 0 Å². The number of nitrogens with one attached hydrogen (secondary N) is 1. The first kappa shape index (κ1) is 13.7. The minimum absolute atomic E-state index is 0.293. The summed E-state index contributed by atoms with van der Waals surface area (Å²) in [5.41, 5.74) is 5.77. The number of nitrogens with two attached hydrogens (primary N) is 1. The molecule has 0 saturated heterocycles. The number of amides is 1. The van der Waals surface area contributed by atoms with Crippen molar-refractivity contribution in [3.8, 4) is 6.07 Å². The molecule has 0 aliphatic rings. The van der Waals surface area contributed by atoms with Crippen molar-refractivity contribution < 1.29 is 4.79 Å². The highest BCUT2D eigenvalue weighted by atomic mass is 79.9. The number of anilines is 1. The van der Waals surface area contributed by atoms with Gasteiger partial charge in [-0.25, -0.2) is 0 Å². The molecule has 0 aromatic heterocycles. The minimum Gasteiger partial charge on any atom is -0.323 e. The summed E-state index contributed by atoms with van der Waals surface area (Å²) in [6.07, 6.45) is 0.525. The van der Waals surface area contributed by atoms with Crippen LogP contribution in [0.1, 0.15) is 25.8 Å². The molecule has 1 atom stereocenters. The van der Waals surface area contributed by atoms with E-state index in [4.69, 9.17) is 11.0 Å². The first-order valence-electron chi connectivity index (χ1n) is 5.20. The van der Waals surface area contributed by atoms with E-state index in [1.165, 1.54) is 0 Å². The second-order valence-corrected chi connectivity index (χ2v) is 4.94. The van der Waals surface area contributed by atoms with Crippen LogP contribution in [0.3, 0.4) is 0 Å². The summed E-state index contributed by atoms with van der Waals surface area (Å²) in [5.74, 6) is -0.293. The number of benzene rings is 1. The van der Waals surface area contributed by atoms with E-state index in [0.717, 1.165) is 4.47 Å². The zero-order valence-electron chi connectivity index (χ0n) is 9.75. The number of carbonyl (C=O) groups is 1. The van der Waals surface area contributed by atoms with Gasteiger partial charge in [0.1, 0.15) is 6.07 Å². The molecule has 0 spiro atoms. The molecule has 0 saturated carbocycles. The molecule has 0 fully saturated rings. The third-order valence-electron chi connectivity index (χ3n) is 2.60. The lowest BCUT2D eigenvalue weighted by Crippen LogP contribution is -2.47. The lowest BCUT2D eigenvalue weighted by atomic mass is 9.99. The second-order valence-electron chi connectivity index (χ2n) is 4.03. The Labute approximate surface area is 109 Å². The molecule has 0 bridgehead atoms. The Balaban J connectivity index is 2.97. The van der Waals surface area contributed by atoms with E-state index in [-0.39, 0.29) is 5.91 Å². The van der Waals surface area contributed by atoms with Gasteiger partial charge in [-0.3, -0.25) is 4.79 Å².